The van der Waals surface area contributed by atoms with E-state index in [1.165, 1.54) is 0 Å². The fourth-order valence-corrected chi connectivity index (χ4v) is 3.88. The quantitative estimate of drug-likeness (QED) is 0.683. The van der Waals surface area contributed by atoms with E-state index in [0.717, 1.165) is 42.0 Å². The van der Waals surface area contributed by atoms with Crippen LogP contribution in [0.3, 0.4) is 0 Å². The molecule has 1 aliphatic rings. The summed E-state index contributed by atoms with van der Waals surface area (Å²) in [4.78, 5) is 3.98. The van der Waals surface area contributed by atoms with Crippen LogP contribution in [-0.2, 0) is 6.42 Å². The first-order chi connectivity index (χ1) is 12.6. The number of hydrogen-bond donors (Lipinski definition) is 1. The molecule has 0 unspecified atom stereocenters. The Morgan fingerprint density at radius 3 is 2.50 bits per heavy atom. The molecule has 0 atom stereocenters. The predicted octanol–water partition coefficient (Wildman–Crippen LogP) is 4.95. The van der Waals surface area contributed by atoms with Crippen molar-refractivity contribution in [2.45, 2.75) is 38.2 Å². The third-order valence-corrected chi connectivity index (χ3v) is 5.39. The van der Waals surface area contributed by atoms with Gasteiger partial charge in [-0.05, 0) is 43.4 Å². The van der Waals surface area contributed by atoms with Gasteiger partial charge in [-0.1, -0.05) is 23.2 Å². The molecular weight excluding hydrogens is 373 g/mol. The van der Waals surface area contributed by atoms with Gasteiger partial charge in [0.1, 0.15) is 0 Å². The van der Waals surface area contributed by atoms with Crippen molar-refractivity contribution in [3.63, 3.8) is 0 Å². The predicted molar refractivity (Wildman–Crippen MR) is 101 cm³/mol. The Morgan fingerprint density at radius 1 is 1.04 bits per heavy atom. The third kappa shape index (κ3) is 3.29. The van der Waals surface area contributed by atoms with E-state index in [1.807, 2.05) is 6.07 Å². The maximum absolute atomic E-state index is 10.3. The summed E-state index contributed by atoms with van der Waals surface area (Å²) in [5.74, 6) is 0.584. The molecule has 1 aromatic carbocycles. The molecule has 1 N–H and O–H groups in total. The number of phenolic OH excluding ortho intramolecular Hbond substituents is 1. The molecular formula is C19H17Cl2N3O2. The summed E-state index contributed by atoms with van der Waals surface area (Å²) < 4.78 is 6.09. The number of aromatic hydroxyl groups is 1. The number of fused-ring (bicyclic) bond motifs is 1. The monoisotopic (exact) mass is 389 g/mol. The Hall–Kier alpha value is -2.11. The number of benzene rings is 1. The lowest BCUT2D eigenvalue weighted by Gasteiger charge is -2.17. The first kappa shape index (κ1) is 17.3. The fraction of sp³-hybridized carbons (Fsp3) is 0.316. The molecule has 0 saturated heterocycles. The molecule has 1 fully saturated rings. The van der Waals surface area contributed by atoms with Crippen molar-refractivity contribution in [1.82, 2.24) is 15.2 Å². The number of pyridine rings is 1. The highest BCUT2D eigenvalue weighted by molar-refractivity contribution is 6.35. The van der Waals surface area contributed by atoms with E-state index in [1.54, 1.807) is 24.7 Å². The van der Waals surface area contributed by atoms with E-state index in [4.69, 9.17) is 27.9 Å². The Kier molecular flexibility index (Phi) is 4.83. The molecule has 0 radical (unpaired) electrons. The molecule has 2 aromatic heterocycles. The van der Waals surface area contributed by atoms with Crippen LogP contribution < -0.4 is 4.74 Å². The van der Waals surface area contributed by atoms with Crippen LogP contribution in [0.2, 0.25) is 10.0 Å². The number of halogens is 2. The fourth-order valence-electron chi connectivity index (χ4n) is 3.38. The highest BCUT2D eigenvalue weighted by Gasteiger charge is 2.21. The molecule has 0 spiro atoms. The Balaban J connectivity index is 1.77. The van der Waals surface area contributed by atoms with Gasteiger partial charge in [0.15, 0.2) is 11.5 Å². The number of phenols is 1. The molecule has 134 valence electrons. The van der Waals surface area contributed by atoms with Crippen LogP contribution >= 0.6 is 23.2 Å². The van der Waals surface area contributed by atoms with Gasteiger partial charge >= 0.3 is 0 Å². The van der Waals surface area contributed by atoms with Crippen LogP contribution in [0.25, 0.3) is 10.8 Å². The number of rotatable bonds is 4. The van der Waals surface area contributed by atoms with E-state index in [2.05, 4.69) is 15.2 Å². The maximum Gasteiger partial charge on any atom is 0.170 e. The van der Waals surface area contributed by atoms with E-state index >= 15 is 0 Å². The SMILES string of the molecule is Oc1ccc2c(Cc3c(Cl)cncc3Cl)nncc2c1OC1CCCC1. The zero-order chi connectivity index (χ0) is 18.1. The highest BCUT2D eigenvalue weighted by atomic mass is 35.5. The normalized spacial score (nSPS) is 14.8. The molecule has 0 amide bonds. The average molecular weight is 390 g/mol. The number of ether oxygens (including phenoxy) is 1. The van der Waals surface area contributed by atoms with Gasteiger partial charge < -0.3 is 9.84 Å². The summed E-state index contributed by atoms with van der Waals surface area (Å²) in [7, 11) is 0. The van der Waals surface area contributed by atoms with E-state index < -0.39 is 0 Å². The van der Waals surface area contributed by atoms with Gasteiger partial charge in [-0.2, -0.15) is 10.2 Å². The topological polar surface area (TPSA) is 68.1 Å². The summed E-state index contributed by atoms with van der Waals surface area (Å²) >= 11 is 12.5. The summed E-state index contributed by atoms with van der Waals surface area (Å²) in [6, 6.07) is 3.45. The second-order valence-electron chi connectivity index (χ2n) is 6.45. The molecule has 0 bridgehead atoms. The second-order valence-corrected chi connectivity index (χ2v) is 7.26. The Morgan fingerprint density at radius 2 is 1.77 bits per heavy atom. The number of aromatic nitrogens is 3. The highest BCUT2D eigenvalue weighted by Crippen LogP contribution is 2.38. The van der Waals surface area contributed by atoms with Crippen molar-refractivity contribution in [2.75, 3.05) is 0 Å². The van der Waals surface area contributed by atoms with Crippen LogP contribution in [0.4, 0.5) is 0 Å². The Labute approximate surface area is 160 Å². The van der Waals surface area contributed by atoms with Gasteiger partial charge in [0, 0.05) is 29.6 Å². The minimum Gasteiger partial charge on any atom is -0.504 e. The summed E-state index contributed by atoms with van der Waals surface area (Å²) in [5.41, 5.74) is 1.46. The maximum atomic E-state index is 10.3. The van der Waals surface area contributed by atoms with Gasteiger partial charge in [-0.25, -0.2) is 0 Å². The molecule has 7 heteroatoms. The molecule has 26 heavy (non-hydrogen) atoms. The average Bonchev–Trinajstić information content (AvgIpc) is 3.14. The van der Waals surface area contributed by atoms with Crippen molar-refractivity contribution >= 4 is 34.0 Å². The number of hydrogen-bond acceptors (Lipinski definition) is 5. The van der Waals surface area contributed by atoms with Crippen LogP contribution in [0.5, 0.6) is 11.5 Å². The van der Waals surface area contributed by atoms with Crippen molar-refractivity contribution in [3.05, 3.63) is 52.0 Å². The molecule has 4 rings (SSSR count). The lowest BCUT2D eigenvalue weighted by Crippen LogP contribution is -2.11. The van der Waals surface area contributed by atoms with Gasteiger partial charge in [0.25, 0.3) is 0 Å². The largest absolute Gasteiger partial charge is 0.504 e. The van der Waals surface area contributed by atoms with E-state index in [-0.39, 0.29) is 11.9 Å². The Bertz CT molecular complexity index is 939. The zero-order valence-electron chi connectivity index (χ0n) is 14.0. The summed E-state index contributed by atoms with van der Waals surface area (Å²) in [5, 5.41) is 21.2. The van der Waals surface area contributed by atoms with Gasteiger partial charge in [0.05, 0.1) is 28.0 Å². The van der Waals surface area contributed by atoms with E-state index in [9.17, 15) is 5.11 Å². The van der Waals surface area contributed by atoms with Crippen molar-refractivity contribution < 1.29 is 9.84 Å². The molecule has 1 aliphatic carbocycles. The minimum atomic E-state index is 0.114. The summed E-state index contributed by atoms with van der Waals surface area (Å²) in [6.45, 7) is 0. The van der Waals surface area contributed by atoms with Crippen LogP contribution in [0, 0.1) is 0 Å². The van der Waals surface area contributed by atoms with Crippen LogP contribution in [-0.4, -0.2) is 26.4 Å². The standard InChI is InChI=1S/C19H17Cl2N3O2/c20-15-9-22-10-16(21)13(15)7-17-12-5-6-18(25)19(14(12)8-23-24-17)26-11-3-1-2-4-11/h5-6,8-11,25H,1-4,7H2. The van der Waals surface area contributed by atoms with Crippen molar-refractivity contribution in [1.29, 1.82) is 0 Å². The summed E-state index contributed by atoms with van der Waals surface area (Å²) in [6.07, 6.45) is 9.60. The van der Waals surface area contributed by atoms with Crippen LogP contribution in [0.1, 0.15) is 36.9 Å². The van der Waals surface area contributed by atoms with Gasteiger partial charge in [-0.15, -0.1) is 0 Å². The lowest BCUT2D eigenvalue weighted by molar-refractivity contribution is 0.204. The van der Waals surface area contributed by atoms with Crippen molar-refractivity contribution in [3.8, 4) is 11.5 Å². The lowest BCUT2D eigenvalue weighted by atomic mass is 10.0. The first-order valence-electron chi connectivity index (χ1n) is 8.54. The van der Waals surface area contributed by atoms with Crippen LogP contribution in [0.15, 0.2) is 30.7 Å². The smallest absolute Gasteiger partial charge is 0.170 e. The second kappa shape index (κ2) is 7.25. The number of nitrogens with zero attached hydrogens (tertiary/aromatic N) is 3. The molecule has 5 nitrogen and oxygen atoms in total. The molecule has 3 aromatic rings. The molecule has 0 aliphatic heterocycles. The first-order valence-corrected chi connectivity index (χ1v) is 9.30. The molecule has 1 saturated carbocycles. The van der Waals surface area contributed by atoms with Crippen molar-refractivity contribution in [2.24, 2.45) is 0 Å². The minimum absolute atomic E-state index is 0.114. The zero-order valence-corrected chi connectivity index (χ0v) is 15.5. The van der Waals surface area contributed by atoms with Gasteiger partial charge in [-0.3, -0.25) is 4.98 Å². The van der Waals surface area contributed by atoms with Gasteiger partial charge in [0.2, 0.25) is 0 Å². The molecule has 2 heterocycles. The third-order valence-electron chi connectivity index (χ3n) is 4.73. The van der Waals surface area contributed by atoms with E-state index in [0.29, 0.717) is 27.9 Å².